The largest absolute Gasteiger partial charge is 0.405 e. The molecule has 2 aromatic heterocycles. The minimum Gasteiger partial charge on any atom is -0.361 e. The number of fused-ring (bicyclic) bond motifs is 2. The van der Waals surface area contributed by atoms with Crippen molar-refractivity contribution in [2.24, 2.45) is 0 Å². The standard InChI is InChI=1S/C24H26F5N5O3S2.C2H6/c25-20(26)15-9-17(31-11-24(27,28)29)30-10-16(15)19-18(23(36)34-13-1-2-14(34)4-3-13)33-22(38-19)21(35)32-12-5-7-39(37)8-6-12;1-2/h9-10,12-14,20H,1-8,11H2,(H,30,31)(H,32,35);1-2H3. The molecule has 5 rings (SSSR count). The van der Waals surface area contributed by atoms with Crippen LogP contribution in [0.15, 0.2) is 12.3 Å². The van der Waals surface area contributed by atoms with Gasteiger partial charge < -0.3 is 15.5 Å². The van der Waals surface area contributed by atoms with Gasteiger partial charge in [0.2, 0.25) is 0 Å². The molecule has 0 atom stereocenters. The maximum Gasteiger partial charge on any atom is 0.405 e. The molecule has 3 saturated heterocycles. The highest BCUT2D eigenvalue weighted by molar-refractivity contribution is 7.85. The Bertz CT molecular complexity index is 1260. The molecule has 2 amide bonds. The number of halogens is 5. The summed E-state index contributed by atoms with van der Waals surface area (Å²) in [5, 5.41) is 4.73. The monoisotopic (exact) mass is 621 g/mol. The average molecular weight is 622 g/mol. The van der Waals surface area contributed by atoms with Crippen molar-refractivity contribution in [2.75, 3.05) is 23.4 Å². The number of anilines is 1. The molecule has 2 bridgehead atoms. The SMILES string of the molecule is CC.O=C(NC1CCS(=O)CC1)c1nc(C(=O)N2C3CCC2CC3)c(-c2cnc(NCC(F)(F)F)cc2C(F)F)s1. The van der Waals surface area contributed by atoms with Gasteiger partial charge in [0.1, 0.15) is 18.1 Å². The van der Waals surface area contributed by atoms with Crippen LogP contribution in [0.4, 0.5) is 27.8 Å². The topological polar surface area (TPSA) is 104 Å². The van der Waals surface area contributed by atoms with Gasteiger partial charge in [-0.2, -0.15) is 13.2 Å². The molecule has 3 aliphatic heterocycles. The van der Waals surface area contributed by atoms with E-state index in [2.05, 4.69) is 15.3 Å². The first-order valence-electron chi connectivity index (χ1n) is 13.6. The van der Waals surface area contributed by atoms with Crippen LogP contribution >= 0.6 is 11.3 Å². The fraction of sp³-hybridized carbons (Fsp3) is 0.615. The Morgan fingerprint density at radius 3 is 2.27 bits per heavy atom. The van der Waals surface area contributed by atoms with E-state index >= 15 is 0 Å². The van der Waals surface area contributed by atoms with Crippen LogP contribution < -0.4 is 10.6 Å². The first kappa shape index (κ1) is 31.3. The van der Waals surface area contributed by atoms with E-state index in [-0.39, 0.29) is 39.3 Å². The highest BCUT2D eigenvalue weighted by Crippen LogP contribution is 2.42. The van der Waals surface area contributed by atoms with Crippen LogP contribution in [-0.2, 0) is 10.8 Å². The van der Waals surface area contributed by atoms with E-state index in [0.29, 0.717) is 24.3 Å². The minimum atomic E-state index is -4.58. The van der Waals surface area contributed by atoms with E-state index in [1.807, 2.05) is 19.2 Å². The molecule has 0 aromatic carbocycles. The quantitative estimate of drug-likeness (QED) is 0.393. The summed E-state index contributed by atoms with van der Waals surface area (Å²) >= 11 is 0.770. The average Bonchev–Trinajstić information content (AvgIpc) is 3.68. The first-order valence-corrected chi connectivity index (χ1v) is 15.9. The van der Waals surface area contributed by atoms with Crippen molar-refractivity contribution in [1.29, 1.82) is 0 Å². The highest BCUT2D eigenvalue weighted by Gasteiger charge is 2.44. The second-order valence-corrected chi connectivity index (χ2v) is 12.6. The van der Waals surface area contributed by atoms with Crippen molar-refractivity contribution < 1.29 is 35.8 Å². The van der Waals surface area contributed by atoms with Gasteiger partial charge >= 0.3 is 6.18 Å². The number of carbonyl (C=O) groups excluding carboxylic acids is 2. The van der Waals surface area contributed by atoms with Crippen LogP contribution in [-0.4, -0.2) is 73.2 Å². The molecule has 41 heavy (non-hydrogen) atoms. The Balaban J connectivity index is 0.00000189. The van der Waals surface area contributed by atoms with Gasteiger partial charge in [0.15, 0.2) is 5.01 Å². The third kappa shape index (κ3) is 7.22. The van der Waals surface area contributed by atoms with Crippen molar-refractivity contribution in [2.45, 2.75) is 83.1 Å². The summed E-state index contributed by atoms with van der Waals surface area (Å²) in [4.78, 5) is 36.7. The molecule has 0 aliphatic carbocycles. The van der Waals surface area contributed by atoms with Crippen LogP contribution in [0.25, 0.3) is 10.4 Å². The summed E-state index contributed by atoms with van der Waals surface area (Å²) in [6.45, 7) is 2.54. The molecule has 5 heterocycles. The third-order valence-corrected chi connectivity index (χ3v) is 9.79. The summed E-state index contributed by atoms with van der Waals surface area (Å²) in [6.07, 6.45) is -2.33. The Labute approximate surface area is 241 Å². The fourth-order valence-corrected chi connectivity index (χ4v) is 7.72. The Morgan fingerprint density at radius 1 is 1.10 bits per heavy atom. The highest BCUT2D eigenvalue weighted by atomic mass is 32.2. The number of amides is 2. The van der Waals surface area contributed by atoms with Gasteiger partial charge in [0.25, 0.3) is 18.2 Å². The lowest BCUT2D eigenvalue weighted by Crippen LogP contribution is -2.39. The van der Waals surface area contributed by atoms with Crippen molar-refractivity contribution in [3.05, 3.63) is 28.5 Å². The second kappa shape index (κ2) is 13.1. The van der Waals surface area contributed by atoms with Crippen molar-refractivity contribution in [3.63, 3.8) is 0 Å². The number of hydrogen-bond donors (Lipinski definition) is 2. The number of nitrogens with zero attached hydrogens (tertiary/aromatic N) is 3. The molecule has 0 saturated carbocycles. The second-order valence-electron chi connectivity index (χ2n) is 9.89. The Hall–Kier alpha value is -2.68. The number of nitrogens with one attached hydrogen (secondary N) is 2. The van der Waals surface area contributed by atoms with Gasteiger partial charge in [-0.1, -0.05) is 13.8 Å². The van der Waals surface area contributed by atoms with E-state index < -0.39 is 53.1 Å². The van der Waals surface area contributed by atoms with E-state index in [9.17, 15) is 35.8 Å². The third-order valence-electron chi connectivity index (χ3n) is 7.32. The van der Waals surface area contributed by atoms with E-state index in [4.69, 9.17) is 0 Å². The molecule has 0 spiro atoms. The predicted molar refractivity (Wildman–Crippen MR) is 147 cm³/mol. The maximum absolute atomic E-state index is 14.1. The molecule has 0 radical (unpaired) electrons. The summed E-state index contributed by atoms with van der Waals surface area (Å²) in [5.74, 6) is -0.522. The molecule has 15 heteroatoms. The number of pyridine rings is 1. The zero-order valence-corrected chi connectivity index (χ0v) is 24.2. The van der Waals surface area contributed by atoms with Crippen molar-refractivity contribution >= 4 is 39.8 Å². The van der Waals surface area contributed by atoms with Crippen molar-refractivity contribution in [1.82, 2.24) is 20.2 Å². The van der Waals surface area contributed by atoms with Crippen LogP contribution in [0.2, 0.25) is 0 Å². The summed E-state index contributed by atoms with van der Waals surface area (Å²) < 4.78 is 77.8. The summed E-state index contributed by atoms with van der Waals surface area (Å²) in [7, 11) is -0.929. The van der Waals surface area contributed by atoms with Gasteiger partial charge in [0, 0.05) is 57.8 Å². The first-order chi connectivity index (χ1) is 19.5. The predicted octanol–water partition coefficient (Wildman–Crippen LogP) is 5.55. The zero-order chi connectivity index (χ0) is 29.9. The minimum absolute atomic E-state index is 0.0130. The number of alkyl halides is 5. The van der Waals surface area contributed by atoms with Crippen LogP contribution in [0.3, 0.4) is 0 Å². The molecule has 226 valence electrons. The summed E-state index contributed by atoms with van der Waals surface area (Å²) in [5.41, 5.74) is -0.936. The molecule has 2 N–H and O–H groups in total. The smallest absolute Gasteiger partial charge is 0.361 e. The van der Waals surface area contributed by atoms with Crippen LogP contribution in [0, 0.1) is 0 Å². The van der Waals surface area contributed by atoms with Crippen molar-refractivity contribution in [3.8, 4) is 10.4 Å². The molecule has 2 aromatic rings. The zero-order valence-electron chi connectivity index (χ0n) is 22.6. The van der Waals surface area contributed by atoms with Gasteiger partial charge in [-0.3, -0.25) is 13.8 Å². The summed E-state index contributed by atoms with van der Waals surface area (Å²) in [6, 6.07) is 0.618. The van der Waals surface area contributed by atoms with E-state index in [0.717, 1.165) is 49.3 Å². The number of hydrogen-bond acceptors (Lipinski definition) is 7. The lowest BCUT2D eigenvalue weighted by Gasteiger charge is -2.22. The molecule has 3 aliphatic rings. The van der Waals surface area contributed by atoms with Gasteiger partial charge in [-0.15, -0.1) is 11.3 Å². The number of carbonyl (C=O) groups is 2. The Kier molecular flexibility index (Phi) is 9.98. The van der Waals surface area contributed by atoms with Gasteiger partial charge in [-0.05, 0) is 44.6 Å². The van der Waals surface area contributed by atoms with Crippen LogP contribution in [0.5, 0.6) is 0 Å². The normalized spacial score (nSPS) is 23.8. The molecule has 3 fully saturated rings. The Morgan fingerprint density at radius 2 is 1.71 bits per heavy atom. The number of aromatic nitrogens is 2. The molecule has 8 nitrogen and oxygen atoms in total. The maximum atomic E-state index is 14.1. The molecular weight excluding hydrogens is 589 g/mol. The van der Waals surface area contributed by atoms with Gasteiger partial charge in [-0.25, -0.2) is 18.7 Å². The fourth-order valence-electron chi connectivity index (χ4n) is 5.43. The number of rotatable bonds is 7. The number of thiazole rings is 1. The van der Waals surface area contributed by atoms with E-state index in [1.165, 1.54) is 0 Å². The van der Waals surface area contributed by atoms with Gasteiger partial charge in [0.05, 0.1) is 4.88 Å². The lowest BCUT2D eigenvalue weighted by atomic mass is 10.0. The molecular formula is C26H32F5N5O3S2. The molecule has 0 unspecified atom stereocenters. The van der Waals surface area contributed by atoms with E-state index in [1.54, 1.807) is 4.90 Å². The van der Waals surface area contributed by atoms with Crippen LogP contribution in [0.1, 0.15) is 84.7 Å². The lowest BCUT2D eigenvalue weighted by molar-refractivity contribution is -0.115.